The summed E-state index contributed by atoms with van der Waals surface area (Å²) in [5.41, 5.74) is 1.21. The molecule has 0 unspecified atom stereocenters. The van der Waals surface area contributed by atoms with Crippen molar-refractivity contribution in [3.8, 4) is 0 Å². The summed E-state index contributed by atoms with van der Waals surface area (Å²) in [6, 6.07) is 6.23. The quantitative estimate of drug-likeness (QED) is 0.816. The van der Waals surface area contributed by atoms with Gasteiger partial charge in [0, 0.05) is 17.0 Å². The molecule has 2 amide bonds. The summed E-state index contributed by atoms with van der Waals surface area (Å²) in [5, 5.41) is 2.25. The lowest BCUT2D eigenvalue weighted by atomic mass is 10.2. The first-order valence-corrected chi connectivity index (χ1v) is 8.00. The maximum absolute atomic E-state index is 12.2. The first-order chi connectivity index (χ1) is 10.8. The zero-order chi connectivity index (χ0) is 17.0. The molecular weight excluding hydrogens is 320 g/mol. The van der Waals surface area contributed by atoms with Crippen molar-refractivity contribution in [1.82, 2.24) is 14.7 Å². The average molecular weight is 334 g/mol. The minimum absolute atomic E-state index is 0.0149. The second-order valence-electron chi connectivity index (χ2n) is 4.69. The van der Waals surface area contributed by atoms with Crippen LogP contribution in [0.4, 0.5) is 10.7 Å². The van der Waals surface area contributed by atoms with Crippen LogP contribution in [0.1, 0.15) is 21.7 Å². The first-order valence-electron chi connectivity index (χ1n) is 6.52. The maximum atomic E-state index is 12.2. The van der Waals surface area contributed by atoms with E-state index in [2.05, 4.69) is 15.3 Å². The molecule has 0 fully saturated rings. The molecule has 0 aliphatic heterocycles. The predicted molar refractivity (Wildman–Crippen MR) is 82.7 cm³/mol. The smallest absolute Gasteiger partial charge is 0.298 e. The Morgan fingerprint density at radius 1 is 1.13 bits per heavy atom. The number of anilines is 1. The fourth-order valence-electron chi connectivity index (χ4n) is 1.91. The Morgan fingerprint density at radius 2 is 1.74 bits per heavy atom. The Balaban J connectivity index is 2.20. The van der Waals surface area contributed by atoms with Gasteiger partial charge in [-0.25, -0.2) is 27.9 Å². The summed E-state index contributed by atoms with van der Waals surface area (Å²) < 4.78 is 26.2. The number of nitrogens with one attached hydrogen (secondary N) is 2. The van der Waals surface area contributed by atoms with Crippen molar-refractivity contribution in [2.45, 2.75) is 18.7 Å². The highest BCUT2D eigenvalue weighted by Gasteiger charge is 2.21. The van der Waals surface area contributed by atoms with Gasteiger partial charge in [0.1, 0.15) is 0 Å². The molecule has 0 atom stereocenters. The van der Waals surface area contributed by atoms with E-state index in [4.69, 9.17) is 0 Å². The van der Waals surface area contributed by atoms with Crippen molar-refractivity contribution in [3.63, 3.8) is 0 Å². The number of rotatable bonds is 4. The number of urea groups is 1. The number of sulfonamides is 1. The number of aryl methyl sites for hydroxylation is 2. The second-order valence-corrected chi connectivity index (χ2v) is 6.34. The highest BCUT2D eigenvalue weighted by atomic mass is 32.2. The molecule has 0 bridgehead atoms. The van der Waals surface area contributed by atoms with Gasteiger partial charge in [-0.1, -0.05) is 18.2 Å². The summed E-state index contributed by atoms with van der Waals surface area (Å²) in [4.78, 5) is 30.4. The van der Waals surface area contributed by atoms with E-state index in [9.17, 15) is 18.0 Å². The van der Waals surface area contributed by atoms with Gasteiger partial charge in [0.05, 0.1) is 4.90 Å². The average Bonchev–Trinajstić information content (AvgIpc) is 2.45. The third-order valence-corrected chi connectivity index (χ3v) is 4.18. The van der Waals surface area contributed by atoms with Gasteiger partial charge in [-0.3, -0.25) is 10.1 Å². The van der Waals surface area contributed by atoms with Crippen LogP contribution < -0.4 is 10.0 Å². The lowest BCUT2D eigenvalue weighted by molar-refractivity contribution is 0.112. The van der Waals surface area contributed by atoms with E-state index in [1.807, 2.05) is 4.72 Å². The molecule has 0 saturated carbocycles. The standard InChI is InChI=1S/C14H14N4O4S/c1-9-7-10(2)16-13(15-9)17-14(20)18-23(21,22)12-6-4-3-5-11(12)8-19/h3-8H,1-2H3,(H2,15,16,17,18,20). The van der Waals surface area contributed by atoms with Crippen LogP contribution in [0.3, 0.4) is 0 Å². The van der Waals surface area contributed by atoms with Gasteiger partial charge < -0.3 is 0 Å². The van der Waals surface area contributed by atoms with Gasteiger partial charge in [0.25, 0.3) is 10.0 Å². The van der Waals surface area contributed by atoms with Crippen LogP contribution in [0.5, 0.6) is 0 Å². The highest BCUT2D eigenvalue weighted by Crippen LogP contribution is 2.13. The Hall–Kier alpha value is -2.81. The normalized spacial score (nSPS) is 10.9. The summed E-state index contributed by atoms with van der Waals surface area (Å²) in [7, 11) is -4.19. The Morgan fingerprint density at radius 3 is 2.35 bits per heavy atom. The molecule has 0 spiro atoms. The van der Waals surface area contributed by atoms with Crippen molar-refractivity contribution >= 4 is 28.3 Å². The number of amides is 2. The van der Waals surface area contributed by atoms with E-state index in [1.165, 1.54) is 24.3 Å². The summed E-state index contributed by atoms with van der Waals surface area (Å²) in [6.45, 7) is 3.43. The molecular formula is C14H14N4O4S. The van der Waals surface area contributed by atoms with E-state index in [-0.39, 0.29) is 16.4 Å². The molecule has 1 aromatic carbocycles. The van der Waals surface area contributed by atoms with Crippen LogP contribution in [0, 0.1) is 13.8 Å². The zero-order valence-electron chi connectivity index (χ0n) is 12.4. The molecule has 2 aromatic rings. The SMILES string of the molecule is Cc1cc(C)nc(NC(=O)NS(=O)(=O)c2ccccc2C=O)n1. The van der Waals surface area contributed by atoms with Crippen molar-refractivity contribution in [1.29, 1.82) is 0 Å². The summed E-state index contributed by atoms with van der Waals surface area (Å²) in [6.07, 6.45) is 0.402. The van der Waals surface area contributed by atoms with Crippen LogP contribution in [0.15, 0.2) is 35.2 Å². The second kappa shape index (κ2) is 6.53. The number of benzene rings is 1. The number of hydrogen-bond donors (Lipinski definition) is 2. The first kappa shape index (κ1) is 16.6. The lowest BCUT2D eigenvalue weighted by Gasteiger charge is -2.09. The minimum Gasteiger partial charge on any atom is -0.298 e. The number of aldehydes is 1. The predicted octanol–water partition coefficient (Wildman–Crippen LogP) is 1.42. The molecule has 8 nitrogen and oxygen atoms in total. The molecule has 2 N–H and O–H groups in total. The van der Waals surface area contributed by atoms with E-state index in [0.717, 1.165) is 0 Å². The summed E-state index contributed by atoms with van der Waals surface area (Å²) in [5.74, 6) is -0.0149. The van der Waals surface area contributed by atoms with Gasteiger partial charge in [0.15, 0.2) is 6.29 Å². The van der Waals surface area contributed by atoms with Gasteiger partial charge in [-0.15, -0.1) is 0 Å². The molecule has 1 heterocycles. The van der Waals surface area contributed by atoms with Gasteiger partial charge >= 0.3 is 6.03 Å². The fourth-order valence-corrected chi connectivity index (χ4v) is 3.00. The third kappa shape index (κ3) is 4.10. The van der Waals surface area contributed by atoms with E-state index in [0.29, 0.717) is 17.7 Å². The molecule has 0 saturated heterocycles. The number of carbonyl (C=O) groups is 2. The zero-order valence-corrected chi connectivity index (χ0v) is 13.2. The summed E-state index contributed by atoms with van der Waals surface area (Å²) >= 11 is 0. The lowest BCUT2D eigenvalue weighted by Crippen LogP contribution is -2.35. The van der Waals surface area contributed by atoms with Gasteiger partial charge in [-0.2, -0.15) is 0 Å². The molecule has 120 valence electrons. The Kier molecular flexibility index (Phi) is 4.70. The van der Waals surface area contributed by atoms with Crippen LogP contribution in [-0.2, 0) is 10.0 Å². The topological polar surface area (TPSA) is 118 Å². The Bertz CT molecular complexity index is 845. The number of aromatic nitrogens is 2. The van der Waals surface area contributed by atoms with Crippen LogP contribution in [0.2, 0.25) is 0 Å². The van der Waals surface area contributed by atoms with Crippen LogP contribution in [-0.4, -0.2) is 30.7 Å². The molecule has 2 rings (SSSR count). The highest BCUT2D eigenvalue weighted by molar-refractivity contribution is 7.90. The van der Waals surface area contributed by atoms with Gasteiger partial charge in [0.2, 0.25) is 5.95 Å². The number of hydrogen-bond acceptors (Lipinski definition) is 6. The Labute approximate surface area is 133 Å². The van der Waals surface area contributed by atoms with E-state index >= 15 is 0 Å². The van der Waals surface area contributed by atoms with Crippen LogP contribution in [0.25, 0.3) is 0 Å². The third-order valence-electron chi connectivity index (χ3n) is 2.77. The van der Waals surface area contributed by atoms with Crippen molar-refractivity contribution in [2.75, 3.05) is 5.32 Å². The van der Waals surface area contributed by atoms with E-state index < -0.39 is 16.1 Å². The molecule has 9 heteroatoms. The maximum Gasteiger partial charge on any atom is 0.335 e. The van der Waals surface area contributed by atoms with Crippen molar-refractivity contribution in [2.24, 2.45) is 0 Å². The van der Waals surface area contributed by atoms with Crippen molar-refractivity contribution in [3.05, 3.63) is 47.3 Å². The van der Waals surface area contributed by atoms with Gasteiger partial charge in [-0.05, 0) is 26.0 Å². The number of nitrogens with zero attached hydrogens (tertiary/aromatic N) is 2. The number of carbonyl (C=O) groups excluding carboxylic acids is 2. The fraction of sp³-hybridized carbons (Fsp3) is 0.143. The molecule has 0 aliphatic carbocycles. The monoisotopic (exact) mass is 334 g/mol. The van der Waals surface area contributed by atoms with Crippen molar-refractivity contribution < 1.29 is 18.0 Å². The molecule has 0 radical (unpaired) electrons. The molecule has 0 aliphatic rings. The van der Waals surface area contributed by atoms with Crippen LogP contribution >= 0.6 is 0 Å². The minimum atomic E-state index is -4.19. The largest absolute Gasteiger partial charge is 0.335 e. The molecule has 1 aromatic heterocycles. The van der Waals surface area contributed by atoms with E-state index in [1.54, 1.807) is 19.9 Å². The molecule has 23 heavy (non-hydrogen) atoms.